The number of hydrogen-bond acceptors (Lipinski definition) is 5. The van der Waals surface area contributed by atoms with Crippen LogP contribution in [0.1, 0.15) is 13.8 Å². The van der Waals surface area contributed by atoms with Gasteiger partial charge in [0.1, 0.15) is 12.3 Å². The van der Waals surface area contributed by atoms with Gasteiger partial charge in [0.15, 0.2) is 0 Å². The summed E-state index contributed by atoms with van der Waals surface area (Å²) in [6, 6.07) is 6.49. The Kier molecular flexibility index (Phi) is 5.82. The number of esters is 1. The first-order valence-electron chi connectivity index (χ1n) is 6.24. The van der Waals surface area contributed by atoms with Gasteiger partial charge in [0.05, 0.1) is 25.2 Å². The van der Waals surface area contributed by atoms with Crippen molar-refractivity contribution in [2.75, 3.05) is 30.3 Å². The molecule has 7 heteroatoms. The Morgan fingerprint density at radius 3 is 2.20 bits per heavy atom. The summed E-state index contributed by atoms with van der Waals surface area (Å²) in [5, 5.41) is 0. The number of carbonyl (C=O) groups excluding carboxylic acids is 1. The van der Waals surface area contributed by atoms with E-state index in [0.29, 0.717) is 18.0 Å². The highest BCUT2D eigenvalue weighted by molar-refractivity contribution is 7.92. The number of hydrogen-bond donors (Lipinski definition) is 0. The summed E-state index contributed by atoms with van der Waals surface area (Å²) in [5.41, 5.74) is 0.393. The quantitative estimate of drug-likeness (QED) is 0.712. The zero-order valence-corrected chi connectivity index (χ0v) is 12.6. The fourth-order valence-electron chi connectivity index (χ4n) is 1.60. The number of rotatable bonds is 7. The van der Waals surface area contributed by atoms with Gasteiger partial charge in [0.2, 0.25) is 10.0 Å². The second kappa shape index (κ2) is 7.14. The average Bonchev–Trinajstić information content (AvgIpc) is 2.37. The number of sulfonamides is 1. The number of benzene rings is 1. The lowest BCUT2D eigenvalue weighted by molar-refractivity contribution is -0.141. The third-order valence-electron chi connectivity index (χ3n) is 2.41. The maximum atomic E-state index is 11.8. The van der Waals surface area contributed by atoms with E-state index in [4.69, 9.17) is 9.47 Å². The monoisotopic (exact) mass is 301 g/mol. The molecule has 0 radical (unpaired) electrons. The van der Waals surface area contributed by atoms with Gasteiger partial charge in [-0.2, -0.15) is 0 Å². The molecule has 0 saturated carbocycles. The summed E-state index contributed by atoms with van der Waals surface area (Å²) in [4.78, 5) is 11.5. The molecule has 0 aliphatic heterocycles. The van der Waals surface area contributed by atoms with Gasteiger partial charge in [-0.25, -0.2) is 8.42 Å². The molecule has 0 spiro atoms. The summed E-state index contributed by atoms with van der Waals surface area (Å²) in [5.74, 6) is 0.0487. The molecule has 0 unspecified atom stereocenters. The smallest absolute Gasteiger partial charge is 0.326 e. The molecule has 0 aromatic heterocycles. The van der Waals surface area contributed by atoms with Crippen LogP contribution in [0.4, 0.5) is 5.69 Å². The molecule has 0 atom stereocenters. The highest BCUT2D eigenvalue weighted by Gasteiger charge is 2.21. The summed E-state index contributed by atoms with van der Waals surface area (Å²) in [6.45, 7) is 3.91. The first kappa shape index (κ1) is 16.3. The fraction of sp³-hybridized carbons (Fsp3) is 0.462. The zero-order chi connectivity index (χ0) is 15.2. The molecule has 0 N–H and O–H groups in total. The molecule has 0 saturated heterocycles. The second-order valence-corrected chi connectivity index (χ2v) is 5.91. The van der Waals surface area contributed by atoms with Gasteiger partial charge in [-0.05, 0) is 38.1 Å². The van der Waals surface area contributed by atoms with Crippen molar-refractivity contribution < 1.29 is 22.7 Å². The Morgan fingerprint density at radius 2 is 1.75 bits per heavy atom. The molecule has 112 valence electrons. The fourth-order valence-corrected chi connectivity index (χ4v) is 2.44. The van der Waals surface area contributed by atoms with Gasteiger partial charge >= 0.3 is 5.97 Å². The van der Waals surface area contributed by atoms with Crippen molar-refractivity contribution in [3.63, 3.8) is 0 Å². The van der Waals surface area contributed by atoms with Crippen LogP contribution in [0.5, 0.6) is 5.75 Å². The molecule has 6 nitrogen and oxygen atoms in total. The van der Waals surface area contributed by atoms with E-state index >= 15 is 0 Å². The van der Waals surface area contributed by atoms with E-state index in [9.17, 15) is 13.2 Å². The summed E-state index contributed by atoms with van der Waals surface area (Å²) in [6.07, 6.45) is 1.04. The van der Waals surface area contributed by atoms with Crippen molar-refractivity contribution in [1.29, 1.82) is 0 Å². The lowest BCUT2D eigenvalue weighted by Crippen LogP contribution is -2.35. The van der Waals surface area contributed by atoms with Crippen LogP contribution >= 0.6 is 0 Å². The third kappa shape index (κ3) is 4.73. The van der Waals surface area contributed by atoms with Crippen molar-refractivity contribution in [2.24, 2.45) is 0 Å². The first-order valence-corrected chi connectivity index (χ1v) is 8.09. The molecule has 0 amide bonds. The SMILES string of the molecule is CCOC(=O)CN(c1ccc(OCC)cc1)S(C)(=O)=O. The van der Waals surface area contributed by atoms with Crippen LogP contribution in [0, 0.1) is 0 Å². The topological polar surface area (TPSA) is 72.9 Å². The number of carbonyl (C=O) groups is 1. The van der Waals surface area contributed by atoms with E-state index in [2.05, 4.69) is 0 Å². The molecule has 1 rings (SSSR count). The predicted octanol–water partition coefficient (Wildman–Crippen LogP) is 1.41. The third-order valence-corrected chi connectivity index (χ3v) is 3.55. The molecule has 0 bridgehead atoms. The largest absolute Gasteiger partial charge is 0.494 e. The van der Waals surface area contributed by atoms with Crippen molar-refractivity contribution >= 4 is 21.7 Å². The van der Waals surface area contributed by atoms with Crippen LogP contribution in [-0.2, 0) is 19.6 Å². The van der Waals surface area contributed by atoms with Gasteiger partial charge in [-0.3, -0.25) is 9.10 Å². The highest BCUT2D eigenvalue weighted by Crippen LogP contribution is 2.21. The van der Waals surface area contributed by atoms with Gasteiger partial charge in [-0.15, -0.1) is 0 Å². The van der Waals surface area contributed by atoms with E-state index in [1.54, 1.807) is 31.2 Å². The van der Waals surface area contributed by atoms with E-state index < -0.39 is 16.0 Å². The Hall–Kier alpha value is -1.76. The number of nitrogens with zero attached hydrogens (tertiary/aromatic N) is 1. The molecule has 0 heterocycles. The lowest BCUT2D eigenvalue weighted by atomic mass is 10.3. The molecule has 20 heavy (non-hydrogen) atoms. The van der Waals surface area contributed by atoms with Crippen LogP contribution in [0.25, 0.3) is 0 Å². The van der Waals surface area contributed by atoms with E-state index in [1.165, 1.54) is 0 Å². The van der Waals surface area contributed by atoms with Gasteiger partial charge in [-0.1, -0.05) is 0 Å². The summed E-state index contributed by atoms with van der Waals surface area (Å²) in [7, 11) is -3.56. The Morgan fingerprint density at radius 1 is 1.15 bits per heavy atom. The van der Waals surface area contributed by atoms with Crippen molar-refractivity contribution in [2.45, 2.75) is 13.8 Å². The van der Waals surface area contributed by atoms with Crippen molar-refractivity contribution in [3.05, 3.63) is 24.3 Å². The van der Waals surface area contributed by atoms with Crippen molar-refractivity contribution in [1.82, 2.24) is 0 Å². The minimum absolute atomic E-state index is 0.208. The average molecular weight is 301 g/mol. The molecular weight excluding hydrogens is 282 g/mol. The van der Waals surface area contributed by atoms with E-state index in [-0.39, 0.29) is 13.2 Å². The number of ether oxygens (including phenoxy) is 2. The number of anilines is 1. The molecule has 1 aromatic rings. The Bertz CT molecular complexity index is 538. The minimum Gasteiger partial charge on any atom is -0.494 e. The standard InChI is InChI=1S/C13H19NO5S/c1-4-18-12-8-6-11(7-9-12)14(20(3,16)17)10-13(15)19-5-2/h6-9H,4-5,10H2,1-3H3. The van der Waals surface area contributed by atoms with Crippen LogP contribution in [0.3, 0.4) is 0 Å². The lowest BCUT2D eigenvalue weighted by Gasteiger charge is -2.21. The Labute approximate surface area is 119 Å². The first-order chi connectivity index (χ1) is 9.38. The van der Waals surface area contributed by atoms with Crippen LogP contribution < -0.4 is 9.04 Å². The van der Waals surface area contributed by atoms with Gasteiger partial charge in [0.25, 0.3) is 0 Å². The maximum Gasteiger partial charge on any atom is 0.326 e. The van der Waals surface area contributed by atoms with E-state index in [0.717, 1.165) is 10.6 Å². The molecule has 1 aromatic carbocycles. The maximum absolute atomic E-state index is 11.8. The predicted molar refractivity (Wildman–Crippen MR) is 76.4 cm³/mol. The molecular formula is C13H19NO5S. The second-order valence-electron chi connectivity index (χ2n) is 4.00. The highest BCUT2D eigenvalue weighted by atomic mass is 32.2. The molecule has 0 aliphatic carbocycles. The molecule has 0 aliphatic rings. The van der Waals surface area contributed by atoms with Crippen molar-refractivity contribution in [3.8, 4) is 5.75 Å². The van der Waals surface area contributed by atoms with Crippen LogP contribution in [0.15, 0.2) is 24.3 Å². The summed E-state index contributed by atoms with van der Waals surface area (Å²) >= 11 is 0. The van der Waals surface area contributed by atoms with Crippen LogP contribution in [-0.4, -0.2) is 40.4 Å². The summed E-state index contributed by atoms with van der Waals surface area (Å²) < 4.78 is 34.6. The van der Waals surface area contributed by atoms with E-state index in [1.807, 2.05) is 6.92 Å². The van der Waals surface area contributed by atoms with Gasteiger partial charge < -0.3 is 9.47 Å². The normalized spacial score (nSPS) is 10.9. The molecule has 0 fully saturated rings. The minimum atomic E-state index is -3.56. The van der Waals surface area contributed by atoms with Crippen LogP contribution in [0.2, 0.25) is 0 Å². The van der Waals surface area contributed by atoms with Gasteiger partial charge in [0, 0.05) is 0 Å². The Balaban J connectivity index is 2.96. The zero-order valence-electron chi connectivity index (χ0n) is 11.8.